The Morgan fingerprint density at radius 3 is 2.76 bits per heavy atom. The van der Waals surface area contributed by atoms with Crippen LogP contribution >= 0.6 is 34.7 Å². The van der Waals surface area contributed by atoms with E-state index in [0.717, 1.165) is 33.2 Å². The first-order valence-corrected chi connectivity index (χ1v) is 11.2. The molecule has 2 aromatic heterocycles. The molecule has 1 unspecified atom stereocenters. The van der Waals surface area contributed by atoms with E-state index in [4.69, 9.17) is 16.3 Å². The average molecular weight is 439 g/mol. The molecule has 0 radical (unpaired) electrons. The molecule has 4 aromatic rings. The van der Waals surface area contributed by atoms with Crippen LogP contribution in [-0.2, 0) is 5.75 Å². The van der Waals surface area contributed by atoms with Gasteiger partial charge in [-0.1, -0.05) is 53.7 Å². The van der Waals surface area contributed by atoms with Crippen molar-refractivity contribution in [2.45, 2.75) is 17.1 Å². The molecule has 0 spiro atoms. The Hall–Kier alpha value is -2.61. The number of rotatable bonds is 4. The second-order valence-electron chi connectivity index (χ2n) is 6.41. The summed E-state index contributed by atoms with van der Waals surface area (Å²) in [4.78, 5) is 4.67. The molecule has 1 aliphatic heterocycles. The number of fused-ring (bicyclic) bond motifs is 3. The highest BCUT2D eigenvalue weighted by molar-refractivity contribution is 7.98. The zero-order valence-corrected chi connectivity index (χ0v) is 17.5. The number of anilines is 1. The molecule has 1 N–H and O–H groups in total. The van der Waals surface area contributed by atoms with Gasteiger partial charge in [0, 0.05) is 27.6 Å². The Morgan fingerprint density at radius 2 is 1.93 bits per heavy atom. The van der Waals surface area contributed by atoms with Crippen LogP contribution in [0.5, 0.6) is 5.88 Å². The maximum Gasteiger partial charge on any atom is 0.247 e. The van der Waals surface area contributed by atoms with Gasteiger partial charge in [-0.15, -0.1) is 10.2 Å². The van der Waals surface area contributed by atoms with E-state index in [0.29, 0.717) is 16.7 Å². The molecule has 0 fully saturated rings. The summed E-state index contributed by atoms with van der Waals surface area (Å²) in [7, 11) is 0. The van der Waals surface area contributed by atoms with Crippen molar-refractivity contribution in [3.05, 3.63) is 81.5 Å². The van der Waals surface area contributed by atoms with Gasteiger partial charge in [-0.25, -0.2) is 0 Å². The largest absolute Gasteiger partial charge is 0.448 e. The summed E-state index contributed by atoms with van der Waals surface area (Å²) < 4.78 is 6.24. The van der Waals surface area contributed by atoms with Crippen molar-refractivity contribution in [3.63, 3.8) is 0 Å². The van der Waals surface area contributed by atoms with Gasteiger partial charge in [0.15, 0.2) is 11.9 Å². The number of halogens is 1. The van der Waals surface area contributed by atoms with Crippen molar-refractivity contribution in [2.24, 2.45) is 0 Å². The average Bonchev–Trinajstić information content (AvgIpc) is 3.23. The number of ether oxygens (including phenoxy) is 1. The van der Waals surface area contributed by atoms with Crippen LogP contribution in [0.15, 0.2) is 70.5 Å². The number of benzene rings is 2. The molecule has 5 rings (SSSR count). The molecule has 144 valence electrons. The first-order valence-electron chi connectivity index (χ1n) is 8.93. The lowest BCUT2D eigenvalue weighted by Gasteiger charge is -2.17. The van der Waals surface area contributed by atoms with Gasteiger partial charge >= 0.3 is 0 Å². The van der Waals surface area contributed by atoms with Gasteiger partial charge < -0.3 is 10.1 Å². The van der Waals surface area contributed by atoms with Gasteiger partial charge in [0.1, 0.15) is 0 Å². The van der Waals surface area contributed by atoms with Crippen molar-refractivity contribution in [2.75, 3.05) is 5.32 Å². The molecular formula is C21H15ClN4OS2. The third-order valence-corrected chi connectivity index (χ3v) is 6.32. The van der Waals surface area contributed by atoms with E-state index in [1.54, 1.807) is 11.3 Å². The van der Waals surface area contributed by atoms with Crippen molar-refractivity contribution < 1.29 is 4.74 Å². The molecular weight excluding hydrogens is 424 g/mol. The van der Waals surface area contributed by atoms with Crippen molar-refractivity contribution in [1.82, 2.24) is 15.2 Å². The highest BCUT2D eigenvalue weighted by Gasteiger charge is 2.26. The maximum atomic E-state index is 6.24. The molecule has 0 bridgehead atoms. The standard InChI is InChI=1S/C21H15ClN4OS2/c22-15-7-5-13(6-8-15)11-29-21-24-20-18(25-26-21)16-3-1-2-4-17(16)23-19(27-20)14-9-10-28-12-14/h1-10,12,19,23H,11H2. The minimum absolute atomic E-state index is 0.338. The molecule has 0 aliphatic carbocycles. The summed E-state index contributed by atoms with van der Waals surface area (Å²) in [5.41, 5.74) is 4.70. The number of nitrogens with zero attached hydrogens (tertiary/aromatic N) is 3. The van der Waals surface area contributed by atoms with Crippen LogP contribution in [0.25, 0.3) is 11.3 Å². The summed E-state index contributed by atoms with van der Waals surface area (Å²) in [6, 6.07) is 17.8. The number of hydrogen-bond acceptors (Lipinski definition) is 7. The summed E-state index contributed by atoms with van der Waals surface area (Å²) >= 11 is 9.10. The van der Waals surface area contributed by atoms with Gasteiger partial charge in [-0.05, 0) is 40.6 Å². The highest BCUT2D eigenvalue weighted by atomic mass is 35.5. The van der Waals surface area contributed by atoms with Gasteiger partial charge in [-0.2, -0.15) is 16.3 Å². The van der Waals surface area contributed by atoms with Crippen molar-refractivity contribution in [3.8, 4) is 17.1 Å². The Morgan fingerprint density at radius 1 is 1.07 bits per heavy atom. The van der Waals surface area contributed by atoms with E-state index in [-0.39, 0.29) is 6.23 Å². The second kappa shape index (κ2) is 8.02. The topological polar surface area (TPSA) is 59.9 Å². The van der Waals surface area contributed by atoms with E-state index in [1.807, 2.05) is 60.0 Å². The third-order valence-electron chi connectivity index (χ3n) is 4.46. The van der Waals surface area contributed by atoms with Crippen LogP contribution in [-0.4, -0.2) is 15.2 Å². The molecule has 0 amide bonds. The van der Waals surface area contributed by atoms with Crippen LogP contribution in [0.4, 0.5) is 5.69 Å². The van der Waals surface area contributed by atoms with Gasteiger partial charge in [0.05, 0.1) is 0 Å². The third kappa shape index (κ3) is 3.94. The fourth-order valence-electron chi connectivity index (χ4n) is 3.01. The summed E-state index contributed by atoms with van der Waals surface area (Å²) in [5, 5.41) is 17.6. The van der Waals surface area contributed by atoms with Gasteiger partial charge in [0.2, 0.25) is 11.0 Å². The predicted octanol–water partition coefficient (Wildman–Crippen LogP) is 6.05. The number of thioether (sulfide) groups is 1. The first kappa shape index (κ1) is 18.4. The van der Waals surface area contributed by atoms with E-state index < -0.39 is 0 Å². The molecule has 0 saturated carbocycles. The molecule has 5 nitrogen and oxygen atoms in total. The molecule has 2 aromatic carbocycles. The number of aromatic nitrogens is 3. The van der Waals surface area contributed by atoms with Gasteiger partial charge in [0.25, 0.3) is 0 Å². The summed E-state index contributed by atoms with van der Waals surface area (Å²) in [6.45, 7) is 0. The summed E-state index contributed by atoms with van der Waals surface area (Å²) in [5.74, 6) is 1.20. The van der Waals surface area contributed by atoms with Crippen LogP contribution in [0.1, 0.15) is 17.4 Å². The fraction of sp³-hybridized carbons (Fsp3) is 0.0952. The molecule has 3 heterocycles. The van der Waals surface area contributed by atoms with E-state index in [1.165, 1.54) is 11.8 Å². The summed E-state index contributed by atoms with van der Waals surface area (Å²) in [6.07, 6.45) is -0.338. The zero-order valence-electron chi connectivity index (χ0n) is 15.1. The van der Waals surface area contributed by atoms with Crippen LogP contribution < -0.4 is 10.1 Å². The Labute approximate surface area is 181 Å². The number of thiophene rings is 1. The minimum Gasteiger partial charge on any atom is -0.448 e. The van der Waals surface area contributed by atoms with E-state index >= 15 is 0 Å². The maximum absolute atomic E-state index is 6.24. The number of hydrogen-bond donors (Lipinski definition) is 1. The van der Waals surface area contributed by atoms with Crippen LogP contribution in [0.3, 0.4) is 0 Å². The lowest BCUT2D eigenvalue weighted by molar-refractivity contribution is 0.225. The smallest absolute Gasteiger partial charge is 0.247 e. The lowest BCUT2D eigenvalue weighted by atomic mass is 10.1. The quantitative estimate of drug-likeness (QED) is 0.391. The molecule has 1 atom stereocenters. The van der Waals surface area contributed by atoms with Crippen molar-refractivity contribution in [1.29, 1.82) is 0 Å². The number of nitrogens with one attached hydrogen (secondary N) is 1. The minimum atomic E-state index is -0.338. The number of para-hydroxylation sites is 1. The molecule has 29 heavy (non-hydrogen) atoms. The SMILES string of the molecule is Clc1ccc(CSc2nnc3c(n2)OC(c2ccsc2)Nc2ccccc2-3)cc1. The van der Waals surface area contributed by atoms with Crippen molar-refractivity contribution >= 4 is 40.4 Å². The zero-order chi connectivity index (χ0) is 19.6. The lowest BCUT2D eigenvalue weighted by Crippen LogP contribution is -2.16. The fourth-order valence-corrected chi connectivity index (χ4v) is 4.55. The van der Waals surface area contributed by atoms with Crippen LogP contribution in [0, 0.1) is 0 Å². The Bertz CT molecular complexity index is 1140. The van der Waals surface area contributed by atoms with E-state index in [2.05, 4.69) is 25.9 Å². The molecule has 0 saturated heterocycles. The van der Waals surface area contributed by atoms with Gasteiger partial charge in [-0.3, -0.25) is 0 Å². The first-order chi connectivity index (χ1) is 14.3. The molecule has 1 aliphatic rings. The highest BCUT2D eigenvalue weighted by Crippen LogP contribution is 2.39. The van der Waals surface area contributed by atoms with Crippen LogP contribution in [0.2, 0.25) is 5.02 Å². The second-order valence-corrected chi connectivity index (χ2v) is 8.57. The monoisotopic (exact) mass is 438 g/mol. The normalized spacial score (nSPS) is 14.9. The Kier molecular flexibility index (Phi) is 5.10. The Balaban J connectivity index is 1.47. The molecule has 8 heteroatoms. The van der Waals surface area contributed by atoms with E-state index in [9.17, 15) is 0 Å². The predicted molar refractivity (Wildman–Crippen MR) is 118 cm³/mol.